The summed E-state index contributed by atoms with van der Waals surface area (Å²) in [6.07, 6.45) is 1.46. The Morgan fingerprint density at radius 3 is 2.50 bits per heavy atom. The molecule has 0 aromatic heterocycles. The number of hydrogen-bond donors (Lipinski definition) is 1. The number of benzene rings is 2. The predicted octanol–water partition coefficient (Wildman–Crippen LogP) is 4.85. The third-order valence-corrected chi connectivity index (χ3v) is 4.22. The lowest BCUT2D eigenvalue weighted by Gasteiger charge is -2.15. The molecule has 0 radical (unpaired) electrons. The second-order valence-corrected chi connectivity index (χ2v) is 5.99. The van der Waals surface area contributed by atoms with Gasteiger partial charge in [-0.05, 0) is 36.1 Å². The second-order valence-electron chi connectivity index (χ2n) is 5.15. The van der Waals surface area contributed by atoms with Crippen LogP contribution in [0, 0.1) is 0 Å². The van der Waals surface area contributed by atoms with Gasteiger partial charge in [0.15, 0.2) is 0 Å². The molecule has 2 rings (SSSR count). The molecule has 0 heterocycles. The van der Waals surface area contributed by atoms with E-state index in [1.54, 1.807) is 6.07 Å². The monoisotopic (exact) mass is 335 g/mol. The Hall–Kier alpha value is -1.51. The second kappa shape index (κ2) is 8.21. The van der Waals surface area contributed by atoms with Gasteiger partial charge in [-0.3, -0.25) is 4.79 Å². The first kappa shape index (κ1) is 16.9. The highest BCUT2D eigenvalue weighted by Gasteiger charge is 2.17. The van der Waals surface area contributed by atoms with E-state index in [1.165, 1.54) is 0 Å². The standard InChI is InChI=1S/C18H19Cl2NO/c1-2-16(13-6-4-3-5-7-13)18(22)21-11-10-14-8-9-15(19)12-17(14)20/h3-9,12,16H,2,10-11H2,1H3,(H,21,22)/t16-/m1/s1. The average molecular weight is 336 g/mol. The summed E-state index contributed by atoms with van der Waals surface area (Å²) in [7, 11) is 0. The largest absolute Gasteiger partial charge is 0.355 e. The molecule has 0 unspecified atom stereocenters. The van der Waals surface area contributed by atoms with Gasteiger partial charge in [0.05, 0.1) is 5.92 Å². The molecule has 0 aliphatic rings. The van der Waals surface area contributed by atoms with Gasteiger partial charge in [0, 0.05) is 16.6 Å². The fourth-order valence-electron chi connectivity index (χ4n) is 2.43. The molecule has 4 heteroatoms. The Balaban J connectivity index is 1.92. The van der Waals surface area contributed by atoms with Crippen molar-refractivity contribution in [3.63, 3.8) is 0 Å². The van der Waals surface area contributed by atoms with E-state index in [4.69, 9.17) is 23.2 Å². The molecular weight excluding hydrogens is 317 g/mol. The molecule has 2 aromatic rings. The summed E-state index contributed by atoms with van der Waals surface area (Å²) in [5.41, 5.74) is 2.03. The zero-order valence-electron chi connectivity index (χ0n) is 12.5. The van der Waals surface area contributed by atoms with Gasteiger partial charge in [0.1, 0.15) is 0 Å². The van der Waals surface area contributed by atoms with Crippen molar-refractivity contribution in [2.24, 2.45) is 0 Å². The molecule has 0 saturated carbocycles. The molecule has 0 saturated heterocycles. The van der Waals surface area contributed by atoms with Crippen LogP contribution in [0.5, 0.6) is 0 Å². The summed E-state index contributed by atoms with van der Waals surface area (Å²) in [6.45, 7) is 2.58. The maximum absolute atomic E-state index is 12.3. The number of nitrogens with one attached hydrogen (secondary N) is 1. The number of carbonyl (C=O) groups excluding carboxylic acids is 1. The normalized spacial score (nSPS) is 12.0. The van der Waals surface area contributed by atoms with Crippen LogP contribution in [0.25, 0.3) is 0 Å². The van der Waals surface area contributed by atoms with E-state index in [1.807, 2.05) is 49.4 Å². The van der Waals surface area contributed by atoms with Gasteiger partial charge in [-0.25, -0.2) is 0 Å². The molecule has 0 bridgehead atoms. The molecule has 22 heavy (non-hydrogen) atoms. The summed E-state index contributed by atoms with van der Waals surface area (Å²) in [6, 6.07) is 15.3. The lowest BCUT2D eigenvalue weighted by atomic mass is 9.95. The molecule has 1 amide bonds. The quantitative estimate of drug-likeness (QED) is 0.803. The Bertz CT molecular complexity index is 628. The summed E-state index contributed by atoms with van der Waals surface area (Å²) in [5.74, 6) is -0.0549. The first-order valence-electron chi connectivity index (χ1n) is 7.38. The molecule has 0 aliphatic heterocycles. The van der Waals surface area contributed by atoms with Crippen LogP contribution >= 0.6 is 23.2 Å². The number of halogens is 2. The maximum Gasteiger partial charge on any atom is 0.227 e. The zero-order chi connectivity index (χ0) is 15.9. The average Bonchev–Trinajstić information content (AvgIpc) is 2.51. The summed E-state index contributed by atoms with van der Waals surface area (Å²) in [5, 5.41) is 4.25. The van der Waals surface area contributed by atoms with E-state index in [9.17, 15) is 4.79 Å². The predicted molar refractivity (Wildman–Crippen MR) is 92.6 cm³/mol. The van der Waals surface area contributed by atoms with Gasteiger partial charge in [0.25, 0.3) is 0 Å². The van der Waals surface area contributed by atoms with Crippen LogP contribution in [0.4, 0.5) is 0 Å². The third kappa shape index (κ3) is 4.49. The number of carbonyl (C=O) groups is 1. The van der Waals surface area contributed by atoms with Crippen molar-refractivity contribution in [2.45, 2.75) is 25.7 Å². The van der Waals surface area contributed by atoms with Crippen LogP contribution in [0.1, 0.15) is 30.4 Å². The molecule has 0 aliphatic carbocycles. The van der Waals surface area contributed by atoms with E-state index in [0.29, 0.717) is 23.0 Å². The van der Waals surface area contributed by atoms with Crippen LogP contribution in [0.15, 0.2) is 48.5 Å². The summed E-state index contributed by atoms with van der Waals surface area (Å²) >= 11 is 12.0. The molecule has 2 nitrogen and oxygen atoms in total. The topological polar surface area (TPSA) is 29.1 Å². The fraction of sp³-hybridized carbons (Fsp3) is 0.278. The maximum atomic E-state index is 12.3. The first-order valence-corrected chi connectivity index (χ1v) is 8.14. The Morgan fingerprint density at radius 1 is 1.14 bits per heavy atom. The fourth-order valence-corrected chi connectivity index (χ4v) is 2.93. The van der Waals surface area contributed by atoms with E-state index in [0.717, 1.165) is 17.5 Å². The van der Waals surface area contributed by atoms with E-state index in [2.05, 4.69) is 5.32 Å². The van der Waals surface area contributed by atoms with Crippen molar-refractivity contribution >= 4 is 29.1 Å². The Kier molecular flexibility index (Phi) is 6.29. The van der Waals surface area contributed by atoms with Crippen LogP contribution < -0.4 is 5.32 Å². The summed E-state index contributed by atoms with van der Waals surface area (Å²) in [4.78, 5) is 12.3. The molecule has 2 aromatic carbocycles. The van der Waals surface area contributed by atoms with Gasteiger partial charge in [-0.1, -0.05) is 66.5 Å². The smallest absolute Gasteiger partial charge is 0.227 e. The number of hydrogen-bond acceptors (Lipinski definition) is 1. The van der Waals surface area contributed by atoms with Gasteiger partial charge in [0.2, 0.25) is 5.91 Å². The highest BCUT2D eigenvalue weighted by molar-refractivity contribution is 6.35. The number of rotatable bonds is 6. The van der Waals surface area contributed by atoms with Crippen molar-refractivity contribution in [1.29, 1.82) is 0 Å². The van der Waals surface area contributed by atoms with E-state index >= 15 is 0 Å². The zero-order valence-corrected chi connectivity index (χ0v) is 14.0. The minimum Gasteiger partial charge on any atom is -0.355 e. The van der Waals surface area contributed by atoms with Gasteiger partial charge in [-0.15, -0.1) is 0 Å². The van der Waals surface area contributed by atoms with E-state index in [-0.39, 0.29) is 11.8 Å². The van der Waals surface area contributed by atoms with E-state index < -0.39 is 0 Å². The molecule has 0 fully saturated rings. The van der Waals surface area contributed by atoms with Crippen LogP contribution in [-0.4, -0.2) is 12.5 Å². The molecular formula is C18H19Cl2NO. The van der Waals surface area contributed by atoms with Crippen molar-refractivity contribution in [3.05, 3.63) is 69.7 Å². The molecule has 116 valence electrons. The minimum absolute atomic E-state index is 0.0544. The molecule has 1 atom stereocenters. The van der Waals surface area contributed by atoms with Crippen molar-refractivity contribution in [1.82, 2.24) is 5.32 Å². The Morgan fingerprint density at radius 2 is 1.86 bits per heavy atom. The van der Waals surface area contributed by atoms with Crippen molar-refractivity contribution in [2.75, 3.05) is 6.54 Å². The Labute approximate surface area is 141 Å². The van der Waals surface area contributed by atoms with Crippen molar-refractivity contribution < 1.29 is 4.79 Å². The van der Waals surface area contributed by atoms with Gasteiger partial charge < -0.3 is 5.32 Å². The third-order valence-electron chi connectivity index (χ3n) is 3.64. The SMILES string of the molecule is CC[C@@H](C(=O)NCCc1ccc(Cl)cc1Cl)c1ccccc1. The van der Waals surface area contributed by atoms with Gasteiger partial charge in [-0.2, -0.15) is 0 Å². The molecule has 0 spiro atoms. The van der Waals surface area contributed by atoms with Crippen LogP contribution in [0.2, 0.25) is 10.0 Å². The highest BCUT2D eigenvalue weighted by Crippen LogP contribution is 2.22. The van der Waals surface area contributed by atoms with Crippen LogP contribution in [0.3, 0.4) is 0 Å². The first-order chi connectivity index (χ1) is 10.6. The number of amides is 1. The van der Waals surface area contributed by atoms with Gasteiger partial charge >= 0.3 is 0 Å². The lowest BCUT2D eigenvalue weighted by Crippen LogP contribution is -2.30. The lowest BCUT2D eigenvalue weighted by molar-refractivity contribution is -0.122. The summed E-state index contributed by atoms with van der Waals surface area (Å²) < 4.78 is 0. The van der Waals surface area contributed by atoms with Crippen molar-refractivity contribution in [3.8, 4) is 0 Å². The molecule has 1 N–H and O–H groups in total. The highest BCUT2D eigenvalue weighted by atomic mass is 35.5. The minimum atomic E-state index is -0.109. The van der Waals surface area contributed by atoms with Crippen LogP contribution in [-0.2, 0) is 11.2 Å².